The summed E-state index contributed by atoms with van der Waals surface area (Å²) in [7, 11) is 2.00. The van der Waals surface area contributed by atoms with Gasteiger partial charge in [0.15, 0.2) is 11.8 Å². The lowest BCUT2D eigenvalue weighted by Crippen LogP contribution is -2.49. The van der Waals surface area contributed by atoms with Crippen LogP contribution in [0.1, 0.15) is 50.2 Å². The van der Waals surface area contributed by atoms with Crippen molar-refractivity contribution in [3.8, 4) is 0 Å². The molecule has 10 heteroatoms. The Kier molecular flexibility index (Phi) is 11.1. The van der Waals surface area contributed by atoms with Gasteiger partial charge >= 0.3 is 0 Å². The van der Waals surface area contributed by atoms with Crippen molar-refractivity contribution in [1.29, 1.82) is 0 Å². The molecule has 1 N–H and O–H groups in total. The maximum Gasteiger partial charge on any atom is 0.194 e. The second kappa shape index (κ2) is 13.8. The molecule has 3 aliphatic rings. The van der Waals surface area contributed by atoms with Crippen molar-refractivity contribution in [2.24, 2.45) is 18.0 Å². The fourth-order valence-electron chi connectivity index (χ4n) is 4.84. The van der Waals surface area contributed by atoms with Crippen molar-refractivity contribution in [3.05, 3.63) is 11.6 Å². The predicted molar refractivity (Wildman–Crippen MR) is 140 cm³/mol. The fourth-order valence-corrected chi connectivity index (χ4v) is 4.84. The molecule has 9 nitrogen and oxygen atoms in total. The zero-order valence-electron chi connectivity index (χ0n) is 20.4. The van der Waals surface area contributed by atoms with Crippen molar-refractivity contribution >= 4 is 29.9 Å². The first-order valence-corrected chi connectivity index (χ1v) is 12.5. The Balaban J connectivity index is 0.00000306. The molecular weight excluding hydrogens is 533 g/mol. The van der Waals surface area contributed by atoms with Gasteiger partial charge in [0.1, 0.15) is 12.4 Å². The molecule has 2 aliphatic heterocycles. The van der Waals surface area contributed by atoms with Gasteiger partial charge < -0.3 is 24.3 Å². The highest BCUT2D eigenvalue weighted by molar-refractivity contribution is 14.0. The summed E-state index contributed by atoms with van der Waals surface area (Å²) in [5, 5.41) is 12.1. The zero-order chi connectivity index (χ0) is 22.2. The van der Waals surface area contributed by atoms with Gasteiger partial charge in [-0.05, 0) is 38.5 Å². The number of rotatable bonds is 8. The summed E-state index contributed by atoms with van der Waals surface area (Å²) in [5.41, 5.74) is 0. The molecule has 0 amide bonds. The number of aliphatic imine (C=N–C) groups is 1. The van der Waals surface area contributed by atoms with Crippen molar-refractivity contribution in [3.63, 3.8) is 0 Å². The molecule has 0 atom stereocenters. The number of nitrogens with zero attached hydrogens (tertiary/aromatic N) is 6. The molecule has 1 aromatic heterocycles. The molecule has 4 rings (SSSR count). The first-order chi connectivity index (χ1) is 15.7. The number of likely N-dealkylation sites (tertiary alicyclic amines) is 1. The molecule has 0 bridgehead atoms. The molecular formula is C23H42IN7O2. The van der Waals surface area contributed by atoms with Crippen LogP contribution in [0.2, 0.25) is 0 Å². The van der Waals surface area contributed by atoms with Crippen LogP contribution in [-0.4, -0.2) is 95.7 Å². The fraction of sp³-hybridized carbons (Fsp3) is 0.870. The molecule has 2 saturated heterocycles. The Bertz CT molecular complexity index is 724. The monoisotopic (exact) mass is 575 g/mol. The SMILES string of the molecule is Cc1nnc(CN=C(NCCN2CCOCC2)N2CCC(OCC3CCCC3)CC2)n1C.I. The molecule has 0 radical (unpaired) electrons. The van der Waals surface area contributed by atoms with Gasteiger partial charge in [-0.3, -0.25) is 4.90 Å². The Morgan fingerprint density at radius 1 is 1.09 bits per heavy atom. The van der Waals surface area contributed by atoms with Gasteiger partial charge in [0.2, 0.25) is 0 Å². The number of aromatic nitrogens is 3. The average molecular weight is 576 g/mol. The zero-order valence-corrected chi connectivity index (χ0v) is 22.7. The van der Waals surface area contributed by atoms with E-state index in [-0.39, 0.29) is 24.0 Å². The largest absolute Gasteiger partial charge is 0.379 e. The third kappa shape index (κ3) is 8.03. The quantitative estimate of drug-likeness (QED) is 0.289. The number of hydrogen-bond donors (Lipinski definition) is 1. The topological polar surface area (TPSA) is 80.0 Å². The number of hydrogen-bond acceptors (Lipinski definition) is 6. The second-order valence-corrected chi connectivity index (χ2v) is 9.41. The number of nitrogens with one attached hydrogen (secondary N) is 1. The Hall–Kier alpha value is -0.980. The van der Waals surface area contributed by atoms with E-state index in [4.69, 9.17) is 14.5 Å². The van der Waals surface area contributed by atoms with Gasteiger partial charge in [-0.15, -0.1) is 34.2 Å². The van der Waals surface area contributed by atoms with Crippen molar-refractivity contribution in [1.82, 2.24) is 29.9 Å². The van der Waals surface area contributed by atoms with Gasteiger partial charge in [0.25, 0.3) is 0 Å². The molecule has 0 aromatic carbocycles. The predicted octanol–water partition coefficient (Wildman–Crippen LogP) is 2.19. The summed E-state index contributed by atoms with van der Waals surface area (Å²) >= 11 is 0. The van der Waals surface area contributed by atoms with Crippen LogP contribution in [0.25, 0.3) is 0 Å². The third-order valence-electron chi connectivity index (χ3n) is 7.15. The smallest absolute Gasteiger partial charge is 0.194 e. The van der Waals surface area contributed by atoms with Crippen LogP contribution in [0, 0.1) is 12.8 Å². The number of piperidine rings is 1. The molecule has 1 aliphatic carbocycles. The van der Waals surface area contributed by atoms with Crippen LogP contribution in [0.3, 0.4) is 0 Å². The van der Waals surface area contributed by atoms with E-state index in [2.05, 4.69) is 25.3 Å². The molecule has 188 valence electrons. The van der Waals surface area contributed by atoms with Crippen LogP contribution in [-0.2, 0) is 23.1 Å². The maximum atomic E-state index is 6.28. The van der Waals surface area contributed by atoms with Crippen LogP contribution < -0.4 is 5.32 Å². The van der Waals surface area contributed by atoms with E-state index in [1.807, 2.05) is 18.5 Å². The van der Waals surface area contributed by atoms with E-state index in [1.165, 1.54) is 25.7 Å². The minimum Gasteiger partial charge on any atom is -0.379 e. The first kappa shape index (κ1) is 26.6. The highest BCUT2D eigenvalue weighted by atomic mass is 127. The highest BCUT2D eigenvalue weighted by Gasteiger charge is 2.24. The number of halogens is 1. The van der Waals surface area contributed by atoms with Gasteiger partial charge in [-0.2, -0.15) is 0 Å². The van der Waals surface area contributed by atoms with Crippen molar-refractivity contribution in [2.45, 2.75) is 58.1 Å². The highest BCUT2D eigenvalue weighted by Crippen LogP contribution is 2.26. The van der Waals surface area contributed by atoms with Crippen molar-refractivity contribution < 1.29 is 9.47 Å². The average Bonchev–Trinajstić information content (AvgIpc) is 3.46. The summed E-state index contributed by atoms with van der Waals surface area (Å²) in [6.45, 7) is 11.0. The van der Waals surface area contributed by atoms with Gasteiger partial charge in [0.05, 0.1) is 19.3 Å². The molecule has 3 fully saturated rings. The van der Waals surface area contributed by atoms with Crippen molar-refractivity contribution in [2.75, 3.05) is 59.1 Å². The van der Waals surface area contributed by atoms with Crippen LogP contribution in [0.15, 0.2) is 4.99 Å². The summed E-state index contributed by atoms with van der Waals surface area (Å²) in [6, 6.07) is 0. The van der Waals surface area contributed by atoms with E-state index >= 15 is 0 Å². The number of guanidine groups is 1. The minimum atomic E-state index is 0. The molecule has 3 heterocycles. The molecule has 0 unspecified atom stereocenters. The first-order valence-electron chi connectivity index (χ1n) is 12.5. The standard InChI is InChI=1S/C23H41N7O2.HI/c1-19-26-27-22(28(19)2)17-25-23(24-9-12-29-13-15-31-16-14-29)30-10-7-21(8-11-30)32-18-20-5-3-4-6-20;/h20-21H,3-18H2,1-2H3,(H,24,25);1H. The van der Waals surface area contributed by atoms with E-state index in [9.17, 15) is 0 Å². The maximum absolute atomic E-state index is 6.28. The van der Waals surface area contributed by atoms with Gasteiger partial charge in [-0.1, -0.05) is 12.8 Å². The van der Waals surface area contributed by atoms with Gasteiger partial charge in [-0.25, -0.2) is 4.99 Å². The lowest BCUT2D eigenvalue weighted by molar-refractivity contribution is 0.000940. The Labute approximate surface area is 215 Å². The third-order valence-corrected chi connectivity index (χ3v) is 7.15. The number of ether oxygens (including phenoxy) is 2. The molecule has 1 aromatic rings. The van der Waals surface area contributed by atoms with E-state index < -0.39 is 0 Å². The molecule has 1 saturated carbocycles. The van der Waals surface area contributed by atoms with Crippen LogP contribution in [0.4, 0.5) is 0 Å². The van der Waals surface area contributed by atoms with Crippen LogP contribution >= 0.6 is 24.0 Å². The van der Waals surface area contributed by atoms with Gasteiger partial charge in [0, 0.05) is 52.9 Å². The van der Waals surface area contributed by atoms with E-state index in [0.29, 0.717) is 12.6 Å². The lowest BCUT2D eigenvalue weighted by Gasteiger charge is -2.35. The Morgan fingerprint density at radius 3 is 2.48 bits per heavy atom. The summed E-state index contributed by atoms with van der Waals surface area (Å²) in [5.74, 6) is 3.58. The number of aryl methyl sites for hydroxylation is 1. The normalized spacial score (nSPS) is 21.4. The molecule has 33 heavy (non-hydrogen) atoms. The molecule has 0 spiro atoms. The summed E-state index contributed by atoms with van der Waals surface area (Å²) in [6.07, 6.45) is 8.00. The summed E-state index contributed by atoms with van der Waals surface area (Å²) < 4.78 is 13.8. The number of morpholine rings is 1. The minimum absolute atomic E-state index is 0. The Morgan fingerprint density at radius 2 is 1.82 bits per heavy atom. The van der Waals surface area contributed by atoms with E-state index in [0.717, 1.165) is 95.5 Å². The lowest BCUT2D eigenvalue weighted by atomic mass is 10.1. The summed E-state index contributed by atoms with van der Waals surface area (Å²) in [4.78, 5) is 9.77. The second-order valence-electron chi connectivity index (χ2n) is 9.41. The van der Waals surface area contributed by atoms with E-state index in [1.54, 1.807) is 0 Å². The van der Waals surface area contributed by atoms with Crippen LogP contribution in [0.5, 0.6) is 0 Å².